The molecule has 0 aliphatic carbocycles. The third kappa shape index (κ3) is 4.59. The minimum atomic E-state index is -0.455. The van der Waals surface area contributed by atoms with E-state index < -0.39 is 5.97 Å². The van der Waals surface area contributed by atoms with Gasteiger partial charge in [0, 0.05) is 27.5 Å². The topological polar surface area (TPSA) is 56.5 Å². The number of aromatic nitrogens is 3. The van der Waals surface area contributed by atoms with Gasteiger partial charge in [0.1, 0.15) is 11.6 Å². The summed E-state index contributed by atoms with van der Waals surface area (Å²) in [5, 5.41) is 8.52. The van der Waals surface area contributed by atoms with Gasteiger partial charge in [-0.25, -0.2) is 9.18 Å². The molecule has 2 aromatic heterocycles. The largest absolute Gasteiger partial charge is 0.463 e. The van der Waals surface area contributed by atoms with E-state index in [4.69, 9.17) is 4.74 Å². The Morgan fingerprint density at radius 2 is 2.04 bits per heavy atom. The summed E-state index contributed by atoms with van der Waals surface area (Å²) in [6, 6.07) is 8.36. The quantitative estimate of drug-likeness (QED) is 0.451. The molecule has 1 aromatic carbocycles. The lowest BCUT2D eigenvalue weighted by atomic mass is 9.96. The molecule has 0 amide bonds. The van der Waals surface area contributed by atoms with Crippen LogP contribution in [0.25, 0.3) is 11.7 Å². The van der Waals surface area contributed by atoms with Gasteiger partial charge in [0.05, 0.1) is 6.61 Å². The van der Waals surface area contributed by atoms with Crippen LogP contribution in [0.2, 0.25) is 0 Å². The predicted octanol–water partition coefficient (Wildman–Crippen LogP) is 4.89. The van der Waals surface area contributed by atoms with Crippen LogP contribution >= 0.6 is 11.8 Å². The molecule has 0 fully saturated rings. The molecule has 0 atom stereocenters. The zero-order valence-electron chi connectivity index (χ0n) is 16.3. The number of carbonyl (C=O) groups is 1. The summed E-state index contributed by atoms with van der Waals surface area (Å²) in [5.74, 6) is 0.0482. The van der Waals surface area contributed by atoms with Gasteiger partial charge in [-0.05, 0) is 48.9 Å². The molecular formula is C21H22FN3O2S. The molecule has 0 aliphatic heterocycles. The van der Waals surface area contributed by atoms with Gasteiger partial charge in [0.15, 0.2) is 5.65 Å². The zero-order chi connectivity index (χ0) is 20.3. The van der Waals surface area contributed by atoms with E-state index in [1.165, 1.54) is 30.0 Å². The van der Waals surface area contributed by atoms with Crippen LogP contribution in [0.3, 0.4) is 0 Å². The zero-order valence-corrected chi connectivity index (χ0v) is 17.1. The first-order valence-electron chi connectivity index (χ1n) is 8.95. The normalized spacial score (nSPS) is 12.0. The maximum absolute atomic E-state index is 13.7. The molecule has 0 unspecified atom stereocenters. The van der Waals surface area contributed by atoms with Crippen molar-refractivity contribution in [1.82, 2.24) is 14.6 Å². The smallest absolute Gasteiger partial charge is 0.330 e. The van der Waals surface area contributed by atoms with Gasteiger partial charge in [-0.3, -0.25) is 4.40 Å². The maximum Gasteiger partial charge on any atom is 0.330 e. The second kappa shape index (κ2) is 8.14. The highest BCUT2D eigenvalue weighted by Gasteiger charge is 2.21. The summed E-state index contributed by atoms with van der Waals surface area (Å²) in [6.07, 6.45) is 4.85. The highest BCUT2D eigenvalue weighted by Crippen LogP contribution is 2.32. The average Bonchev–Trinajstić information content (AvgIpc) is 3.05. The molecule has 3 rings (SSSR count). The van der Waals surface area contributed by atoms with E-state index in [-0.39, 0.29) is 11.2 Å². The minimum absolute atomic E-state index is 0.147. The van der Waals surface area contributed by atoms with Crippen LogP contribution in [0.4, 0.5) is 4.39 Å². The molecule has 0 aliphatic rings. The summed E-state index contributed by atoms with van der Waals surface area (Å²) < 4.78 is 20.6. The molecule has 146 valence electrons. The number of halogens is 1. The lowest BCUT2D eigenvalue weighted by molar-refractivity contribution is -0.137. The predicted molar refractivity (Wildman–Crippen MR) is 108 cm³/mol. The number of carbonyl (C=O) groups excluding carboxylic acids is 1. The fourth-order valence-electron chi connectivity index (χ4n) is 2.66. The van der Waals surface area contributed by atoms with Crippen molar-refractivity contribution in [2.24, 2.45) is 0 Å². The Morgan fingerprint density at radius 1 is 1.25 bits per heavy atom. The molecule has 0 radical (unpaired) electrons. The lowest BCUT2D eigenvalue weighted by Crippen LogP contribution is -2.15. The number of nitrogens with zero attached hydrogens (tertiary/aromatic N) is 3. The molecule has 0 spiro atoms. The molecule has 7 heteroatoms. The van der Waals surface area contributed by atoms with E-state index in [0.29, 0.717) is 12.2 Å². The van der Waals surface area contributed by atoms with Gasteiger partial charge in [-0.2, -0.15) is 0 Å². The first-order valence-corrected chi connectivity index (χ1v) is 9.77. The first-order chi connectivity index (χ1) is 13.3. The maximum atomic E-state index is 13.7. The standard InChI is InChI=1S/C21H22FN3O2S/c1-5-27-19(26)11-6-14-12-15(22)7-9-17(14)28-16-8-10-18-23-24-20(21(2,3)4)25(18)13-16/h6-13H,5H2,1-4H3/b11-6+. The Labute approximate surface area is 167 Å². The number of fused-ring (bicyclic) bond motifs is 1. The van der Waals surface area contributed by atoms with Crippen LogP contribution < -0.4 is 0 Å². The number of rotatable bonds is 5. The third-order valence-corrected chi connectivity index (χ3v) is 5.00. The van der Waals surface area contributed by atoms with Crippen molar-refractivity contribution in [2.75, 3.05) is 6.61 Å². The van der Waals surface area contributed by atoms with Crippen LogP contribution in [0, 0.1) is 5.82 Å². The van der Waals surface area contributed by atoms with Crippen molar-refractivity contribution in [1.29, 1.82) is 0 Å². The van der Waals surface area contributed by atoms with Gasteiger partial charge < -0.3 is 4.74 Å². The second-order valence-electron chi connectivity index (χ2n) is 7.24. The van der Waals surface area contributed by atoms with Crippen LogP contribution in [0.15, 0.2) is 52.4 Å². The number of pyridine rings is 1. The average molecular weight is 399 g/mol. The highest BCUT2D eigenvalue weighted by molar-refractivity contribution is 7.99. The van der Waals surface area contributed by atoms with Gasteiger partial charge in [-0.15, -0.1) is 10.2 Å². The van der Waals surface area contributed by atoms with E-state index in [9.17, 15) is 9.18 Å². The molecule has 0 bridgehead atoms. The summed E-state index contributed by atoms with van der Waals surface area (Å²) in [5.41, 5.74) is 1.24. The summed E-state index contributed by atoms with van der Waals surface area (Å²) in [7, 11) is 0. The first kappa shape index (κ1) is 20.1. The van der Waals surface area contributed by atoms with Gasteiger partial charge in [0.25, 0.3) is 0 Å². The van der Waals surface area contributed by atoms with E-state index in [0.717, 1.165) is 21.3 Å². The van der Waals surface area contributed by atoms with Gasteiger partial charge >= 0.3 is 5.97 Å². The molecule has 2 heterocycles. The van der Waals surface area contributed by atoms with Crippen LogP contribution in [0.5, 0.6) is 0 Å². The fourth-order valence-corrected chi connectivity index (χ4v) is 3.59. The van der Waals surface area contributed by atoms with E-state index in [2.05, 4.69) is 31.0 Å². The molecular weight excluding hydrogens is 377 g/mol. The fraction of sp³-hybridized carbons (Fsp3) is 0.286. The highest BCUT2D eigenvalue weighted by atomic mass is 32.2. The molecule has 3 aromatic rings. The Hall–Kier alpha value is -2.67. The monoisotopic (exact) mass is 399 g/mol. The Morgan fingerprint density at radius 3 is 2.75 bits per heavy atom. The van der Waals surface area contributed by atoms with Gasteiger partial charge in [-0.1, -0.05) is 32.5 Å². The molecule has 0 N–H and O–H groups in total. The van der Waals surface area contributed by atoms with E-state index in [1.807, 2.05) is 22.7 Å². The van der Waals surface area contributed by atoms with Crippen molar-refractivity contribution < 1.29 is 13.9 Å². The molecule has 5 nitrogen and oxygen atoms in total. The lowest BCUT2D eigenvalue weighted by Gasteiger charge is -2.16. The van der Waals surface area contributed by atoms with Crippen LogP contribution in [-0.4, -0.2) is 27.2 Å². The Bertz CT molecular complexity index is 1040. The van der Waals surface area contributed by atoms with E-state index in [1.54, 1.807) is 19.1 Å². The summed E-state index contributed by atoms with van der Waals surface area (Å²) >= 11 is 1.48. The Balaban J connectivity index is 1.94. The van der Waals surface area contributed by atoms with Crippen molar-refractivity contribution in [3.8, 4) is 0 Å². The van der Waals surface area contributed by atoms with Crippen molar-refractivity contribution in [2.45, 2.75) is 42.9 Å². The minimum Gasteiger partial charge on any atom is -0.463 e. The third-order valence-electron chi connectivity index (χ3n) is 3.93. The second-order valence-corrected chi connectivity index (χ2v) is 8.35. The number of esters is 1. The molecule has 0 saturated carbocycles. The number of hydrogen-bond acceptors (Lipinski definition) is 5. The number of ether oxygens (including phenoxy) is 1. The molecule has 0 saturated heterocycles. The van der Waals surface area contributed by atoms with Crippen LogP contribution in [-0.2, 0) is 14.9 Å². The van der Waals surface area contributed by atoms with Gasteiger partial charge in [0.2, 0.25) is 0 Å². The van der Waals surface area contributed by atoms with E-state index >= 15 is 0 Å². The van der Waals surface area contributed by atoms with Crippen molar-refractivity contribution in [3.63, 3.8) is 0 Å². The van der Waals surface area contributed by atoms with Crippen molar-refractivity contribution >= 4 is 29.5 Å². The summed E-state index contributed by atoms with van der Waals surface area (Å²) in [4.78, 5) is 13.4. The number of benzene rings is 1. The number of hydrogen-bond donors (Lipinski definition) is 0. The SMILES string of the molecule is CCOC(=O)/C=C/c1cc(F)ccc1Sc1ccc2nnc(C(C)(C)C)n2c1. The summed E-state index contributed by atoms with van der Waals surface area (Å²) in [6.45, 7) is 8.29. The van der Waals surface area contributed by atoms with Crippen molar-refractivity contribution in [3.05, 3.63) is 59.8 Å². The van der Waals surface area contributed by atoms with Crippen LogP contribution in [0.1, 0.15) is 39.1 Å². The molecule has 28 heavy (non-hydrogen) atoms. The Kier molecular flexibility index (Phi) is 5.84.